The summed E-state index contributed by atoms with van der Waals surface area (Å²) >= 11 is 0. The minimum Gasteiger partial charge on any atom is -0.499 e. The van der Waals surface area contributed by atoms with Crippen LogP contribution in [0.25, 0.3) is 0 Å². The van der Waals surface area contributed by atoms with Gasteiger partial charge in [0.05, 0.1) is 19.5 Å². The van der Waals surface area contributed by atoms with Gasteiger partial charge in [-0.15, -0.1) is 0 Å². The first-order valence-electron chi connectivity index (χ1n) is 8.45. The molecule has 0 unspecified atom stereocenters. The van der Waals surface area contributed by atoms with Crippen molar-refractivity contribution in [3.05, 3.63) is 12.8 Å². The molecule has 216 valence electrons. The van der Waals surface area contributed by atoms with Gasteiger partial charge < -0.3 is 9.47 Å². The highest BCUT2D eigenvalue weighted by molar-refractivity contribution is 5.19. The fourth-order valence-electron chi connectivity index (χ4n) is 2.20. The highest BCUT2D eigenvalue weighted by Crippen LogP contribution is 2.66. The topological polar surface area (TPSA) is 18.5 Å². The molecule has 0 aromatic carbocycles. The van der Waals surface area contributed by atoms with Crippen LogP contribution in [0.3, 0.4) is 0 Å². The lowest BCUT2D eigenvalue weighted by Crippen LogP contribution is -2.77. The molecule has 2 nitrogen and oxygen atoms in total. The van der Waals surface area contributed by atoms with Crippen LogP contribution in [0.2, 0.25) is 0 Å². The third-order valence-corrected chi connectivity index (χ3v) is 4.27. The number of hydrogen-bond acceptors (Lipinski definition) is 2. The summed E-state index contributed by atoms with van der Waals surface area (Å²) in [5.74, 6) is -49.8. The standard InChI is InChI=1S/C15H11F19O2/c1-2-35-5-6-36-4-3-7(16,17)9(19,20)11(23,24)13(27,28)12(25,26)10(21,22)8(18,14(29,30)31)15(32,33)34/h2H,1,3-6H2. The number of halogens is 19. The smallest absolute Gasteiger partial charge is 0.438 e. The minimum atomic E-state index is -9.01. The summed E-state index contributed by atoms with van der Waals surface area (Å²) in [5.41, 5.74) is -8.74. The Labute approximate surface area is 187 Å². The Bertz CT molecular complexity index is 737. The lowest BCUT2D eigenvalue weighted by atomic mass is 9.83. The van der Waals surface area contributed by atoms with E-state index >= 15 is 0 Å². The van der Waals surface area contributed by atoms with Gasteiger partial charge in [-0.1, -0.05) is 6.58 Å². The Morgan fingerprint density at radius 1 is 0.472 bits per heavy atom. The molecule has 0 atom stereocenters. The minimum absolute atomic E-state index is 0.537. The molecule has 0 saturated carbocycles. The van der Waals surface area contributed by atoms with Gasteiger partial charge in [0.2, 0.25) is 0 Å². The molecular weight excluding hydrogens is 573 g/mol. The highest BCUT2D eigenvalue weighted by Gasteiger charge is 2.98. The van der Waals surface area contributed by atoms with Crippen molar-refractivity contribution in [3.63, 3.8) is 0 Å². The van der Waals surface area contributed by atoms with Crippen LogP contribution in [0.5, 0.6) is 0 Å². The summed E-state index contributed by atoms with van der Waals surface area (Å²) in [7, 11) is 0. The SMILES string of the molecule is C=COCCOCCC(F)(F)C(F)(F)C(F)(F)C(F)(F)C(F)(F)C(F)(F)C(F)(C(F)(F)F)C(F)(F)F. The number of hydrogen-bond donors (Lipinski definition) is 0. The largest absolute Gasteiger partial charge is 0.499 e. The summed E-state index contributed by atoms with van der Waals surface area (Å²) in [6.07, 6.45) is -18.6. The van der Waals surface area contributed by atoms with E-state index in [1.54, 1.807) is 0 Å². The third-order valence-electron chi connectivity index (χ3n) is 4.27. The van der Waals surface area contributed by atoms with Crippen molar-refractivity contribution in [2.24, 2.45) is 0 Å². The van der Waals surface area contributed by atoms with Crippen molar-refractivity contribution >= 4 is 0 Å². The van der Waals surface area contributed by atoms with E-state index < -0.39 is 79.8 Å². The molecule has 0 aliphatic rings. The van der Waals surface area contributed by atoms with Gasteiger partial charge in [0.15, 0.2) is 0 Å². The molecule has 0 rings (SSSR count). The fraction of sp³-hybridized carbons (Fsp3) is 0.867. The van der Waals surface area contributed by atoms with Gasteiger partial charge in [-0.3, -0.25) is 0 Å². The molecule has 0 radical (unpaired) electrons. The zero-order valence-corrected chi connectivity index (χ0v) is 16.6. The number of alkyl halides is 19. The molecule has 21 heteroatoms. The normalized spacial score (nSPS) is 15.8. The van der Waals surface area contributed by atoms with Crippen LogP contribution in [0.4, 0.5) is 83.4 Å². The maximum absolute atomic E-state index is 13.6. The molecule has 0 fully saturated rings. The van der Waals surface area contributed by atoms with Crippen LogP contribution in [-0.4, -0.2) is 73.4 Å². The van der Waals surface area contributed by atoms with Crippen LogP contribution in [0.15, 0.2) is 12.8 Å². The molecule has 0 bridgehead atoms. The molecule has 0 N–H and O–H groups in total. The molecular formula is C15H11F19O2. The first kappa shape index (κ1) is 34.2. The Morgan fingerprint density at radius 2 is 0.833 bits per heavy atom. The Hall–Kier alpha value is -1.83. The van der Waals surface area contributed by atoms with E-state index in [1.807, 2.05) is 0 Å². The second kappa shape index (κ2) is 9.80. The lowest BCUT2D eigenvalue weighted by molar-refractivity contribution is -0.472. The molecule has 0 aliphatic carbocycles. The van der Waals surface area contributed by atoms with E-state index in [2.05, 4.69) is 16.1 Å². The molecule has 0 heterocycles. The average molecular weight is 584 g/mol. The van der Waals surface area contributed by atoms with Gasteiger partial charge in [0.25, 0.3) is 0 Å². The van der Waals surface area contributed by atoms with Crippen LogP contribution >= 0.6 is 0 Å². The highest BCUT2D eigenvalue weighted by atomic mass is 19.4. The summed E-state index contributed by atoms with van der Waals surface area (Å²) in [6, 6.07) is 0. The average Bonchev–Trinajstić information content (AvgIpc) is 2.67. The van der Waals surface area contributed by atoms with E-state index in [1.165, 1.54) is 0 Å². The van der Waals surface area contributed by atoms with Gasteiger partial charge in [0, 0.05) is 6.42 Å². The predicted molar refractivity (Wildman–Crippen MR) is 77.2 cm³/mol. The van der Waals surface area contributed by atoms with E-state index in [9.17, 15) is 83.4 Å². The Kier molecular flexibility index (Phi) is 9.31. The van der Waals surface area contributed by atoms with E-state index in [0.717, 1.165) is 6.26 Å². The van der Waals surface area contributed by atoms with Crippen LogP contribution in [-0.2, 0) is 9.47 Å². The first-order chi connectivity index (χ1) is 15.6. The van der Waals surface area contributed by atoms with Gasteiger partial charge in [-0.05, 0) is 0 Å². The third kappa shape index (κ3) is 4.99. The fourth-order valence-corrected chi connectivity index (χ4v) is 2.20. The number of ether oxygens (including phenoxy) is 2. The van der Waals surface area contributed by atoms with Crippen molar-refractivity contribution in [2.45, 2.75) is 60.0 Å². The summed E-state index contributed by atoms with van der Waals surface area (Å²) < 4.78 is 259. The lowest BCUT2D eigenvalue weighted by Gasteiger charge is -2.45. The van der Waals surface area contributed by atoms with Gasteiger partial charge >= 0.3 is 53.6 Å². The molecule has 0 aliphatic heterocycles. The van der Waals surface area contributed by atoms with Gasteiger partial charge in [-0.2, -0.15) is 79.0 Å². The van der Waals surface area contributed by atoms with Crippen LogP contribution in [0.1, 0.15) is 6.42 Å². The summed E-state index contributed by atoms with van der Waals surface area (Å²) in [4.78, 5) is 0. The van der Waals surface area contributed by atoms with E-state index in [4.69, 9.17) is 0 Å². The predicted octanol–water partition coefficient (Wildman–Crippen LogP) is 7.20. The second-order valence-corrected chi connectivity index (χ2v) is 6.63. The maximum atomic E-state index is 13.6. The number of rotatable bonds is 13. The monoisotopic (exact) mass is 584 g/mol. The summed E-state index contributed by atoms with van der Waals surface area (Å²) in [6.45, 7) is -0.109. The molecule has 0 saturated heterocycles. The van der Waals surface area contributed by atoms with Crippen molar-refractivity contribution in [1.82, 2.24) is 0 Å². The molecule has 36 heavy (non-hydrogen) atoms. The maximum Gasteiger partial charge on any atom is 0.438 e. The zero-order valence-electron chi connectivity index (χ0n) is 16.6. The van der Waals surface area contributed by atoms with Gasteiger partial charge in [0.1, 0.15) is 6.61 Å². The van der Waals surface area contributed by atoms with E-state index in [-0.39, 0.29) is 0 Å². The first-order valence-corrected chi connectivity index (χ1v) is 8.45. The van der Waals surface area contributed by atoms with E-state index in [0.29, 0.717) is 0 Å². The molecule has 0 aromatic heterocycles. The van der Waals surface area contributed by atoms with Crippen molar-refractivity contribution < 1.29 is 92.9 Å². The Morgan fingerprint density at radius 3 is 1.19 bits per heavy atom. The molecule has 0 spiro atoms. The van der Waals surface area contributed by atoms with Crippen molar-refractivity contribution in [3.8, 4) is 0 Å². The van der Waals surface area contributed by atoms with Crippen molar-refractivity contribution in [2.75, 3.05) is 19.8 Å². The second-order valence-electron chi connectivity index (χ2n) is 6.63. The van der Waals surface area contributed by atoms with Crippen molar-refractivity contribution in [1.29, 1.82) is 0 Å². The van der Waals surface area contributed by atoms with Gasteiger partial charge in [-0.25, -0.2) is 4.39 Å². The van der Waals surface area contributed by atoms with Crippen LogP contribution in [0, 0.1) is 0 Å². The molecule has 0 aromatic rings. The summed E-state index contributed by atoms with van der Waals surface area (Å²) in [5, 5.41) is 0. The Balaban J connectivity index is 6.52. The zero-order chi connectivity index (χ0) is 29.4. The molecule has 0 amide bonds. The van der Waals surface area contributed by atoms with Crippen LogP contribution < -0.4 is 0 Å². The quantitative estimate of drug-likeness (QED) is 0.130.